The predicted molar refractivity (Wildman–Crippen MR) is 127 cm³/mol. The quantitative estimate of drug-likeness (QED) is 0.364. The van der Waals surface area contributed by atoms with Crippen molar-refractivity contribution < 1.29 is 24.6 Å². The number of nitrogens with one attached hydrogen (secondary N) is 1. The Kier molecular flexibility index (Phi) is 6.68. The van der Waals surface area contributed by atoms with Crippen LogP contribution >= 0.6 is 0 Å². The molecule has 0 aliphatic rings. The minimum absolute atomic E-state index is 0.105. The number of carboxylic acid groups (broad SMARTS) is 2. The zero-order valence-electron chi connectivity index (χ0n) is 19.1. The van der Waals surface area contributed by atoms with Crippen molar-refractivity contribution in [1.82, 2.24) is 4.57 Å². The number of hydrogen-bond acceptors (Lipinski definition) is 4. The monoisotopic (exact) mass is 457 g/mol. The first-order valence-electron chi connectivity index (χ1n) is 10.3. The molecule has 0 saturated carbocycles. The average molecular weight is 457 g/mol. The van der Waals surface area contributed by atoms with Gasteiger partial charge in [0.1, 0.15) is 11.6 Å². The summed E-state index contributed by atoms with van der Waals surface area (Å²) in [6.07, 6.45) is 1.46. The molecular formula is C26H23N3O5. The molecule has 1 aromatic heterocycles. The van der Waals surface area contributed by atoms with Crippen LogP contribution in [-0.2, 0) is 4.79 Å². The maximum atomic E-state index is 12.8. The Hall–Kier alpha value is -4.64. The standard InChI is InChI=1S/C26H23N3O5/c1-14-6-5-7-23(16(14)3)28-24(30)21(13-27)9-18-8-15(2)29(17(18)4)22-11-19(25(31)32)10-20(12-22)26(33)34/h5-12H,1-4H3,(H,28,30)(H,31,32)(H,33,34)/b21-9-. The molecule has 8 nitrogen and oxygen atoms in total. The lowest BCUT2D eigenvalue weighted by Gasteiger charge is -2.12. The summed E-state index contributed by atoms with van der Waals surface area (Å²) < 4.78 is 1.68. The van der Waals surface area contributed by atoms with Gasteiger partial charge in [-0.25, -0.2) is 9.59 Å². The van der Waals surface area contributed by atoms with Crippen molar-refractivity contribution in [2.75, 3.05) is 5.32 Å². The van der Waals surface area contributed by atoms with E-state index >= 15 is 0 Å². The number of anilines is 1. The molecule has 0 atom stereocenters. The molecule has 3 aromatic rings. The predicted octanol–water partition coefficient (Wildman–Crippen LogP) is 4.65. The van der Waals surface area contributed by atoms with Crippen LogP contribution in [0.2, 0.25) is 0 Å². The Morgan fingerprint density at radius 1 is 0.971 bits per heavy atom. The fourth-order valence-corrected chi connectivity index (χ4v) is 3.70. The number of benzene rings is 2. The third-order valence-corrected chi connectivity index (χ3v) is 5.66. The van der Waals surface area contributed by atoms with E-state index in [1.54, 1.807) is 30.5 Å². The van der Waals surface area contributed by atoms with Gasteiger partial charge in [0.05, 0.1) is 11.1 Å². The smallest absolute Gasteiger partial charge is 0.335 e. The van der Waals surface area contributed by atoms with Crippen LogP contribution in [-0.4, -0.2) is 32.6 Å². The number of amides is 1. The maximum Gasteiger partial charge on any atom is 0.335 e. The van der Waals surface area contributed by atoms with Gasteiger partial charge in [0, 0.05) is 22.8 Å². The molecule has 34 heavy (non-hydrogen) atoms. The van der Waals surface area contributed by atoms with Crippen molar-refractivity contribution in [3.63, 3.8) is 0 Å². The Morgan fingerprint density at radius 2 is 1.59 bits per heavy atom. The molecule has 1 heterocycles. The van der Waals surface area contributed by atoms with Gasteiger partial charge in [-0.3, -0.25) is 4.79 Å². The van der Waals surface area contributed by atoms with Crippen LogP contribution in [0.15, 0.2) is 48.0 Å². The number of aromatic nitrogens is 1. The van der Waals surface area contributed by atoms with E-state index in [0.717, 1.165) is 17.2 Å². The molecule has 172 valence electrons. The minimum atomic E-state index is -1.25. The molecule has 8 heteroatoms. The molecule has 0 radical (unpaired) electrons. The van der Waals surface area contributed by atoms with Gasteiger partial charge in [-0.2, -0.15) is 5.26 Å². The maximum absolute atomic E-state index is 12.8. The van der Waals surface area contributed by atoms with Crippen molar-refractivity contribution in [3.8, 4) is 11.8 Å². The molecule has 0 bridgehead atoms. The van der Waals surface area contributed by atoms with Crippen molar-refractivity contribution in [2.45, 2.75) is 27.7 Å². The van der Waals surface area contributed by atoms with Crippen molar-refractivity contribution in [3.05, 3.63) is 87.2 Å². The lowest BCUT2D eigenvalue weighted by molar-refractivity contribution is -0.112. The van der Waals surface area contributed by atoms with Crippen LogP contribution in [0.25, 0.3) is 11.8 Å². The first-order chi connectivity index (χ1) is 16.0. The lowest BCUT2D eigenvalue weighted by atomic mass is 10.1. The number of carboxylic acids is 2. The zero-order chi connectivity index (χ0) is 25.2. The second-order valence-corrected chi connectivity index (χ2v) is 7.91. The van der Waals surface area contributed by atoms with E-state index in [-0.39, 0.29) is 16.7 Å². The zero-order valence-corrected chi connectivity index (χ0v) is 19.1. The first kappa shape index (κ1) is 24.0. The highest BCUT2D eigenvalue weighted by Crippen LogP contribution is 2.25. The molecule has 3 N–H and O–H groups in total. The number of hydrogen-bond donors (Lipinski definition) is 3. The number of carbonyl (C=O) groups excluding carboxylic acids is 1. The van der Waals surface area contributed by atoms with Crippen LogP contribution in [0.4, 0.5) is 5.69 Å². The highest BCUT2D eigenvalue weighted by Gasteiger charge is 2.18. The summed E-state index contributed by atoms with van der Waals surface area (Å²) in [5.74, 6) is -3.05. The van der Waals surface area contributed by atoms with Gasteiger partial charge in [-0.05, 0) is 80.8 Å². The van der Waals surface area contributed by atoms with Gasteiger partial charge in [-0.1, -0.05) is 12.1 Å². The Balaban J connectivity index is 2.04. The lowest BCUT2D eigenvalue weighted by Crippen LogP contribution is -2.14. The molecule has 0 unspecified atom stereocenters. The van der Waals surface area contributed by atoms with Gasteiger partial charge >= 0.3 is 11.9 Å². The highest BCUT2D eigenvalue weighted by atomic mass is 16.4. The van der Waals surface area contributed by atoms with E-state index in [2.05, 4.69) is 5.32 Å². The molecule has 0 aliphatic carbocycles. The van der Waals surface area contributed by atoms with Gasteiger partial charge in [0.2, 0.25) is 0 Å². The van der Waals surface area contributed by atoms with E-state index in [4.69, 9.17) is 0 Å². The van der Waals surface area contributed by atoms with Crippen LogP contribution in [0, 0.1) is 39.0 Å². The number of aryl methyl sites for hydroxylation is 2. The fourth-order valence-electron chi connectivity index (χ4n) is 3.70. The third-order valence-electron chi connectivity index (χ3n) is 5.66. The third kappa shape index (κ3) is 4.74. The summed E-state index contributed by atoms with van der Waals surface area (Å²) >= 11 is 0. The van der Waals surface area contributed by atoms with E-state index in [1.807, 2.05) is 32.0 Å². The molecule has 0 fully saturated rings. The SMILES string of the molecule is Cc1cccc(NC(=O)/C(C#N)=C\c2cc(C)n(-c3cc(C(=O)O)cc(C(=O)O)c3)c2C)c1C. The molecule has 2 aromatic carbocycles. The van der Waals surface area contributed by atoms with Crippen LogP contribution in [0.1, 0.15) is 48.8 Å². The van der Waals surface area contributed by atoms with Gasteiger partial charge in [-0.15, -0.1) is 0 Å². The number of aromatic carboxylic acids is 2. The summed E-state index contributed by atoms with van der Waals surface area (Å²) in [6, 6.07) is 13.0. The van der Waals surface area contributed by atoms with Crippen LogP contribution < -0.4 is 5.32 Å². The number of nitrogens with zero attached hydrogens (tertiary/aromatic N) is 2. The van der Waals surface area contributed by atoms with Gasteiger partial charge in [0.25, 0.3) is 5.91 Å². The summed E-state index contributed by atoms with van der Waals surface area (Å²) in [6.45, 7) is 7.31. The summed E-state index contributed by atoms with van der Waals surface area (Å²) in [4.78, 5) is 35.8. The van der Waals surface area contributed by atoms with E-state index in [9.17, 15) is 29.9 Å². The molecule has 0 aliphatic heterocycles. The summed E-state index contributed by atoms with van der Waals surface area (Å²) in [5, 5.41) is 31.2. The van der Waals surface area contributed by atoms with Crippen molar-refractivity contribution in [1.29, 1.82) is 5.26 Å². The van der Waals surface area contributed by atoms with E-state index in [1.165, 1.54) is 18.2 Å². The van der Waals surface area contributed by atoms with Gasteiger partial charge < -0.3 is 20.1 Å². The van der Waals surface area contributed by atoms with Gasteiger partial charge in [0.15, 0.2) is 0 Å². The fraction of sp³-hybridized carbons (Fsp3) is 0.154. The van der Waals surface area contributed by atoms with Crippen LogP contribution in [0.3, 0.4) is 0 Å². The topological polar surface area (TPSA) is 132 Å². The number of carbonyl (C=O) groups is 3. The second kappa shape index (κ2) is 9.46. The number of rotatable bonds is 6. The first-order valence-corrected chi connectivity index (χ1v) is 10.3. The van der Waals surface area contributed by atoms with Crippen LogP contribution in [0.5, 0.6) is 0 Å². The van der Waals surface area contributed by atoms with E-state index in [0.29, 0.717) is 28.3 Å². The molecule has 3 rings (SSSR count). The molecule has 0 saturated heterocycles. The Labute approximate surface area is 196 Å². The summed E-state index contributed by atoms with van der Waals surface area (Å²) in [5.41, 5.74) is 4.31. The second-order valence-electron chi connectivity index (χ2n) is 7.91. The molecule has 0 spiro atoms. The largest absolute Gasteiger partial charge is 0.478 e. The minimum Gasteiger partial charge on any atom is -0.478 e. The molecule has 1 amide bonds. The van der Waals surface area contributed by atoms with Crippen molar-refractivity contribution >= 4 is 29.6 Å². The Morgan fingerprint density at radius 3 is 2.15 bits per heavy atom. The molecular weight excluding hydrogens is 434 g/mol. The van der Waals surface area contributed by atoms with E-state index < -0.39 is 17.8 Å². The summed E-state index contributed by atoms with van der Waals surface area (Å²) in [7, 11) is 0. The average Bonchev–Trinajstić information content (AvgIpc) is 3.07. The normalized spacial score (nSPS) is 11.1. The van der Waals surface area contributed by atoms with Crippen molar-refractivity contribution in [2.24, 2.45) is 0 Å². The Bertz CT molecular complexity index is 1370. The number of nitriles is 1. The highest BCUT2D eigenvalue weighted by molar-refractivity contribution is 6.10.